The van der Waals surface area contributed by atoms with E-state index in [9.17, 15) is 19.8 Å². The summed E-state index contributed by atoms with van der Waals surface area (Å²) in [5.41, 5.74) is 0. The van der Waals surface area contributed by atoms with E-state index in [0.717, 1.165) is 77.5 Å². The van der Waals surface area contributed by atoms with Gasteiger partial charge in [0.1, 0.15) is 0 Å². The molecule has 0 amide bonds. The Balaban J connectivity index is -0.000000966. The van der Waals surface area contributed by atoms with Crippen LogP contribution in [0.25, 0.3) is 0 Å². The van der Waals surface area contributed by atoms with Gasteiger partial charge in [0.15, 0.2) is 0 Å². The van der Waals surface area contributed by atoms with Crippen molar-refractivity contribution in [2.45, 2.75) is 184 Å². The summed E-state index contributed by atoms with van der Waals surface area (Å²) in [6, 6.07) is 0. The molecule has 4 atom stereocenters. The molecule has 7 heteroatoms. The monoisotopic (exact) mass is 797 g/mol. The molecule has 0 aromatic heterocycles. The van der Waals surface area contributed by atoms with E-state index in [1.165, 1.54) is 77.0 Å². The first-order valence-electron chi connectivity index (χ1n) is 22.4. The fourth-order valence-corrected chi connectivity index (χ4v) is 6.85. The Labute approximate surface area is 372 Å². The van der Waals surface area contributed by atoms with Crippen molar-refractivity contribution in [1.29, 1.82) is 0 Å². The number of rotatable bonds is 36. The van der Waals surface area contributed by atoms with Gasteiger partial charge in [0.2, 0.25) is 0 Å². The van der Waals surface area contributed by atoms with Gasteiger partial charge in [0, 0.05) is 39.3 Å². The molecule has 0 saturated heterocycles. The van der Waals surface area contributed by atoms with Gasteiger partial charge in [0.25, 0.3) is 0 Å². The summed E-state index contributed by atoms with van der Waals surface area (Å²) in [4.78, 5) is 26.4. The molecule has 0 aromatic rings. The molecule has 0 radical (unpaired) electrons. The van der Waals surface area contributed by atoms with E-state index in [4.69, 9.17) is 0 Å². The molecule has 0 aliphatic heterocycles. The average molecular weight is 797 g/mol. The third kappa shape index (κ3) is 45.7. The zero-order valence-corrected chi connectivity index (χ0v) is 39.8. The van der Waals surface area contributed by atoms with Crippen LogP contribution in [0.1, 0.15) is 184 Å². The zero-order chi connectivity index (χ0) is 40.7. The van der Waals surface area contributed by atoms with Crippen molar-refractivity contribution >= 4 is 49.7 Å². The maximum atomic E-state index is 11.1. The Kier molecular flexibility index (Phi) is 46.9. The van der Waals surface area contributed by atoms with Gasteiger partial charge in [-0.2, -0.15) is 0 Å². The number of aliphatic carboxylic acids is 2. The van der Waals surface area contributed by atoms with E-state index in [1.54, 1.807) is 0 Å². The van der Waals surface area contributed by atoms with E-state index >= 15 is 0 Å². The molecule has 0 heterocycles. The van der Waals surface area contributed by atoms with Gasteiger partial charge >= 0.3 is 37.7 Å². The summed E-state index contributed by atoms with van der Waals surface area (Å²) < 4.78 is 0. The van der Waals surface area contributed by atoms with Crippen LogP contribution >= 0.6 is 0 Å². The Bertz CT molecular complexity index is 830. The number of carboxylic acids is 2. The van der Waals surface area contributed by atoms with Gasteiger partial charge in [-0.15, -0.1) is 0 Å². The van der Waals surface area contributed by atoms with E-state index in [2.05, 4.69) is 114 Å². The fraction of sp³-hybridized carbons (Fsp3) is 0.792. The van der Waals surface area contributed by atoms with Crippen LogP contribution in [0.5, 0.6) is 0 Å². The Morgan fingerprint density at radius 2 is 0.618 bits per heavy atom. The third-order valence-electron chi connectivity index (χ3n) is 9.74. The van der Waals surface area contributed by atoms with Gasteiger partial charge < -0.3 is 19.8 Å². The largest absolute Gasteiger partial charge is 2.00 e. The van der Waals surface area contributed by atoms with Crippen molar-refractivity contribution in [2.24, 2.45) is 23.7 Å². The molecule has 0 rings (SSSR count). The van der Waals surface area contributed by atoms with Crippen LogP contribution in [0, 0.1) is 23.7 Å². The molecule has 0 aliphatic carbocycles. The second-order valence-electron chi connectivity index (χ2n) is 16.3. The quantitative estimate of drug-likeness (QED) is 0.0357. The first-order valence-corrected chi connectivity index (χ1v) is 22.4. The molecule has 55 heavy (non-hydrogen) atoms. The maximum absolute atomic E-state index is 11.1. The first kappa shape index (κ1) is 58.4. The summed E-state index contributed by atoms with van der Waals surface area (Å²) in [7, 11) is 0. The molecule has 0 saturated carbocycles. The number of carbonyl (C=O) groups is 2. The van der Waals surface area contributed by atoms with Crippen molar-refractivity contribution in [3.63, 3.8) is 0 Å². The summed E-state index contributed by atoms with van der Waals surface area (Å²) >= 11 is 0. The van der Waals surface area contributed by atoms with Crippen molar-refractivity contribution in [1.82, 2.24) is 9.80 Å². The first-order chi connectivity index (χ1) is 26.0. The number of nitrogens with zero attached hydrogens (tertiary/aromatic N) is 2. The second kappa shape index (κ2) is 44.2. The Hall–Kier alpha value is -0.920. The zero-order valence-electron chi connectivity index (χ0n) is 37.5. The van der Waals surface area contributed by atoms with Gasteiger partial charge in [-0.3, -0.25) is 9.80 Å². The fourth-order valence-electron chi connectivity index (χ4n) is 6.85. The Morgan fingerprint density at radius 3 is 0.800 bits per heavy atom. The predicted octanol–water partition coefficient (Wildman–Crippen LogP) is 10.3. The number of unbranched alkanes of at least 4 members (excludes halogenated alkanes) is 8. The summed E-state index contributed by atoms with van der Waals surface area (Å²) in [5.74, 6) is 0.168. The third-order valence-corrected chi connectivity index (χ3v) is 9.74. The molecule has 316 valence electrons. The van der Waals surface area contributed by atoms with Crippen LogP contribution in [0.15, 0.2) is 48.6 Å². The topological polar surface area (TPSA) is 86.7 Å². The van der Waals surface area contributed by atoms with Crippen LogP contribution in [0.4, 0.5) is 0 Å². The SMILES string of the molecule is CCC/C=C/CCCC(C)CN(CC(=O)[O-])CC(C)CCC/C=C/CCC.CCC/C=C/CCCC(C)CN(CC(=O)[O-])CC(C)CCC/C=C/CCC.[Ca+2]. The predicted molar refractivity (Wildman–Crippen MR) is 237 cm³/mol. The van der Waals surface area contributed by atoms with Gasteiger partial charge in [-0.25, -0.2) is 0 Å². The summed E-state index contributed by atoms with van der Waals surface area (Å²) in [5, 5.41) is 22.2. The molecule has 0 spiro atoms. The minimum absolute atomic E-state index is 0. The van der Waals surface area contributed by atoms with Gasteiger partial charge in [-0.05, 0) is 126 Å². The molecule has 0 aromatic carbocycles. The van der Waals surface area contributed by atoms with Crippen LogP contribution in [-0.2, 0) is 9.59 Å². The van der Waals surface area contributed by atoms with Crippen LogP contribution in [0.3, 0.4) is 0 Å². The second-order valence-corrected chi connectivity index (χ2v) is 16.3. The molecular weight excluding hydrogens is 709 g/mol. The molecule has 0 aliphatic rings. The Morgan fingerprint density at radius 1 is 0.418 bits per heavy atom. The number of allylic oxidation sites excluding steroid dienone is 8. The number of carboxylic acid groups (broad SMARTS) is 2. The van der Waals surface area contributed by atoms with Crippen LogP contribution < -0.4 is 10.2 Å². The molecular formula is C48H88CaN2O4. The van der Waals surface area contributed by atoms with Crippen molar-refractivity contribution in [3.05, 3.63) is 48.6 Å². The number of hydrogen-bond donors (Lipinski definition) is 0. The van der Waals surface area contributed by atoms with E-state index in [-0.39, 0.29) is 50.8 Å². The molecule has 0 bridgehead atoms. The molecule has 4 unspecified atom stereocenters. The van der Waals surface area contributed by atoms with E-state index in [0.29, 0.717) is 23.7 Å². The average Bonchev–Trinajstić information content (AvgIpc) is 3.10. The number of hydrogen-bond acceptors (Lipinski definition) is 6. The van der Waals surface area contributed by atoms with Crippen LogP contribution in [0.2, 0.25) is 0 Å². The number of carbonyl (C=O) groups excluding carboxylic acids is 2. The van der Waals surface area contributed by atoms with Crippen molar-refractivity contribution in [2.75, 3.05) is 39.3 Å². The van der Waals surface area contributed by atoms with E-state index < -0.39 is 11.9 Å². The maximum Gasteiger partial charge on any atom is 2.00 e. The smallest absolute Gasteiger partial charge is 0.549 e. The molecule has 0 fully saturated rings. The van der Waals surface area contributed by atoms with Crippen molar-refractivity contribution < 1.29 is 19.8 Å². The minimum atomic E-state index is -0.959. The van der Waals surface area contributed by atoms with Crippen molar-refractivity contribution in [3.8, 4) is 0 Å². The summed E-state index contributed by atoms with van der Waals surface area (Å²) in [6.45, 7) is 21.3. The van der Waals surface area contributed by atoms with Gasteiger partial charge in [-0.1, -0.05) is 130 Å². The standard InChI is InChI=1S/2C24H45NO2.Ca/c2*1-5-7-9-11-13-15-17-22(3)19-25(21-24(26)27)20-23(4)18-16-14-12-10-8-6-2;/h2*9-12,22-23H,5-8,13-21H2,1-4H3,(H,26,27);/q;;+2/p-2/b2*11-9+,12-10+;. The van der Waals surface area contributed by atoms with Crippen LogP contribution in [-0.4, -0.2) is 98.7 Å². The van der Waals surface area contributed by atoms with Gasteiger partial charge in [0.05, 0.1) is 11.9 Å². The normalized spacial score (nSPS) is 14.1. The summed E-state index contributed by atoms with van der Waals surface area (Å²) in [6.07, 6.45) is 41.6. The van der Waals surface area contributed by atoms with E-state index in [1.807, 2.05) is 0 Å². The molecule has 6 nitrogen and oxygen atoms in total. The molecule has 0 N–H and O–H groups in total. The minimum Gasteiger partial charge on any atom is -0.549 e.